The molecule has 0 spiro atoms. The van der Waals surface area contributed by atoms with Crippen LogP contribution in [0.4, 0.5) is 8.78 Å². The molecular weight excluding hydrogens is 212 g/mol. The van der Waals surface area contributed by atoms with Crippen molar-refractivity contribution in [2.75, 3.05) is 0 Å². The van der Waals surface area contributed by atoms with Crippen molar-refractivity contribution in [3.05, 3.63) is 41.1 Å². The van der Waals surface area contributed by atoms with Crippen molar-refractivity contribution >= 4 is 11.6 Å². The van der Waals surface area contributed by atoms with Crippen LogP contribution in [-0.4, -0.2) is 5.16 Å². The first-order valence-corrected chi connectivity index (χ1v) is 4.12. The maximum absolute atomic E-state index is 13.2. The molecule has 0 fully saturated rings. The van der Waals surface area contributed by atoms with Gasteiger partial charge in [-0.05, 0) is 23.7 Å². The van der Waals surface area contributed by atoms with Gasteiger partial charge in [0.05, 0.1) is 0 Å². The summed E-state index contributed by atoms with van der Waals surface area (Å²) in [5.74, 6) is -1.34. The summed E-state index contributed by atoms with van der Waals surface area (Å²) in [6.07, 6.45) is 0. The van der Waals surface area contributed by atoms with Gasteiger partial charge in [0.2, 0.25) is 5.22 Å². The molecule has 0 N–H and O–H groups in total. The summed E-state index contributed by atoms with van der Waals surface area (Å²) in [4.78, 5) is 0. The van der Waals surface area contributed by atoms with Gasteiger partial charge in [0, 0.05) is 17.7 Å². The lowest BCUT2D eigenvalue weighted by Crippen LogP contribution is -1.85. The van der Waals surface area contributed by atoms with Crippen LogP contribution < -0.4 is 0 Å². The van der Waals surface area contributed by atoms with Crippen LogP contribution in [0.25, 0.3) is 11.3 Å². The van der Waals surface area contributed by atoms with Crippen LogP contribution in [-0.2, 0) is 0 Å². The molecule has 2 rings (SSSR count). The minimum atomic E-state index is -0.699. The quantitative estimate of drug-likeness (QED) is 0.730. The number of rotatable bonds is 1. The van der Waals surface area contributed by atoms with Crippen molar-refractivity contribution in [1.82, 2.24) is 5.16 Å². The number of hydrogen-bond donors (Lipinski definition) is 0. The van der Waals surface area contributed by atoms with E-state index in [-0.39, 0.29) is 16.5 Å². The van der Waals surface area contributed by atoms with Crippen molar-refractivity contribution in [3.63, 3.8) is 0 Å². The van der Waals surface area contributed by atoms with Crippen LogP contribution in [0.15, 0.2) is 28.8 Å². The molecule has 5 heteroatoms. The molecule has 0 atom stereocenters. The monoisotopic (exact) mass is 215 g/mol. The molecule has 0 bridgehead atoms. The van der Waals surface area contributed by atoms with Crippen LogP contribution in [0.1, 0.15) is 0 Å². The first-order valence-electron chi connectivity index (χ1n) is 3.74. The number of nitrogens with zero attached hydrogens (tertiary/aromatic N) is 1. The maximum atomic E-state index is 13.2. The Morgan fingerprint density at radius 3 is 2.57 bits per heavy atom. The Morgan fingerprint density at radius 1 is 1.21 bits per heavy atom. The van der Waals surface area contributed by atoms with E-state index in [1.54, 1.807) is 0 Å². The lowest BCUT2D eigenvalue weighted by Gasteiger charge is -1.97. The van der Waals surface area contributed by atoms with Gasteiger partial charge in [-0.3, -0.25) is 0 Å². The molecule has 0 radical (unpaired) electrons. The fraction of sp³-hybridized carbons (Fsp3) is 0. The molecule has 2 nitrogen and oxygen atoms in total. The van der Waals surface area contributed by atoms with Gasteiger partial charge in [-0.15, -0.1) is 0 Å². The van der Waals surface area contributed by atoms with Crippen molar-refractivity contribution in [1.29, 1.82) is 0 Å². The van der Waals surface area contributed by atoms with Gasteiger partial charge in [-0.1, -0.05) is 5.16 Å². The molecular formula is C9H4ClF2NO. The Bertz CT molecular complexity index is 470. The third kappa shape index (κ3) is 1.61. The number of halogens is 3. The highest BCUT2D eigenvalue weighted by Gasteiger charge is 2.10. The van der Waals surface area contributed by atoms with E-state index < -0.39 is 11.6 Å². The van der Waals surface area contributed by atoms with Gasteiger partial charge in [-0.2, -0.15) is 0 Å². The standard InChI is InChI=1S/C9H4ClF2NO/c10-9-4-8(13-14-9)6-2-1-5(11)3-7(6)12/h1-4H. The predicted molar refractivity (Wildman–Crippen MR) is 46.9 cm³/mol. The Balaban J connectivity index is 2.52. The third-order valence-electron chi connectivity index (χ3n) is 1.69. The summed E-state index contributed by atoms with van der Waals surface area (Å²) in [7, 11) is 0. The predicted octanol–water partition coefficient (Wildman–Crippen LogP) is 3.27. The second kappa shape index (κ2) is 3.38. The summed E-state index contributed by atoms with van der Waals surface area (Å²) in [6.45, 7) is 0. The van der Waals surface area contributed by atoms with Gasteiger partial charge in [0.25, 0.3) is 0 Å². The highest BCUT2D eigenvalue weighted by atomic mass is 35.5. The zero-order valence-electron chi connectivity index (χ0n) is 6.80. The lowest BCUT2D eigenvalue weighted by molar-refractivity contribution is 0.423. The Kier molecular flexibility index (Phi) is 2.21. The summed E-state index contributed by atoms with van der Waals surface area (Å²) >= 11 is 5.47. The highest BCUT2D eigenvalue weighted by Crippen LogP contribution is 2.24. The molecule has 1 heterocycles. The number of benzene rings is 1. The van der Waals surface area contributed by atoms with Gasteiger partial charge < -0.3 is 4.52 Å². The molecule has 0 unspecified atom stereocenters. The largest absolute Gasteiger partial charge is 0.344 e. The van der Waals surface area contributed by atoms with Gasteiger partial charge in [0.15, 0.2) is 0 Å². The van der Waals surface area contributed by atoms with Crippen LogP contribution in [0.2, 0.25) is 5.22 Å². The minimum Gasteiger partial charge on any atom is -0.344 e. The van der Waals surface area contributed by atoms with E-state index in [1.165, 1.54) is 12.1 Å². The molecule has 1 aromatic heterocycles. The zero-order chi connectivity index (χ0) is 10.1. The van der Waals surface area contributed by atoms with Crippen molar-refractivity contribution in [2.24, 2.45) is 0 Å². The number of aromatic nitrogens is 1. The van der Waals surface area contributed by atoms with Gasteiger partial charge in [0.1, 0.15) is 17.3 Å². The van der Waals surface area contributed by atoms with Crippen molar-refractivity contribution in [2.45, 2.75) is 0 Å². The molecule has 72 valence electrons. The van der Waals surface area contributed by atoms with E-state index >= 15 is 0 Å². The van der Waals surface area contributed by atoms with Crippen LogP contribution >= 0.6 is 11.6 Å². The van der Waals surface area contributed by atoms with Crippen LogP contribution in [0, 0.1) is 11.6 Å². The Labute approximate surface area is 83.1 Å². The van der Waals surface area contributed by atoms with E-state index in [4.69, 9.17) is 11.6 Å². The summed E-state index contributed by atoms with van der Waals surface area (Å²) in [5.41, 5.74) is 0.398. The molecule has 0 aliphatic heterocycles. The normalized spacial score (nSPS) is 10.5. The van der Waals surface area contributed by atoms with Gasteiger partial charge in [-0.25, -0.2) is 8.78 Å². The first-order chi connectivity index (χ1) is 6.66. The fourth-order valence-electron chi connectivity index (χ4n) is 1.08. The van der Waals surface area contributed by atoms with Crippen molar-refractivity contribution < 1.29 is 13.3 Å². The van der Waals surface area contributed by atoms with Crippen LogP contribution in [0.5, 0.6) is 0 Å². The molecule has 0 amide bonds. The lowest BCUT2D eigenvalue weighted by atomic mass is 10.1. The molecule has 14 heavy (non-hydrogen) atoms. The zero-order valence-corrected chi connectivity index (χ0v) is 7.55. The van der Waals surface area contributed by atoms with E-state index in [0.717, 1.165) is 12.1 Å². The highest BCUT2D eigenvalue weighted by molar-refractivity contribution is 6.29. The van der Waals surface area contributed by atoms with E-state index in [0.29, 0.717) is 0 Å². The average molecular weight is 216 g/mol. The van der Waals surface area contributed by atoms with Crippen LogP contribution in [0.3, 0.4) is 0 Å². The minimum absolute atomic E-state index is 0.0590. The second-order valence-electron chi connectivity index (χ2n) is 2.64. The molecule has 0 saturated carbocycles. The summed E-state index contributed by atoms with van der Waals surface area (Å²) in [5, 5.41) is 3.57. The SMILES string of the molecule is Fc1ccc(-c2cc(Cl)on2)c(F)c1. The fourth-order valence-corrected chi connectivity index (χ4v) is 1.21. The number of hydrogen-bond acceptors (Lipinski definition) is 2. The second-order valence-corrected chi connectivity index (χ2v) is 3.01. The molecule has 1 aromatic carbocycles. The van der Waals surface area contributed by atoms with E-state index in [9.17, 15) is 8.78 Å². The smallest absolute Gasteiger partial charge is 0.226 e. The third-order valence-corrected chi connectivity index (χ3v) is 1.87. The first kappa shape index (κ1) is 9.15. The van der Waals surface area contributed by atoms with Crippen molar-refractivity contribution in [3.8, 4) is 11.3 Å². The molecule has 0 aliphatic carbocycles. The molecule has 0 aliphatic rings. The van der Waals surface area contributed by atoms with E-state index in [2.05, 4.69) is 9.68 Å². The summed E-state index contributed by atoms with van der Waals surface area (Å²) in [6, 6.07) is 4.55. The van der Waals surface area contributed by atoms with E-state index in [1.807, 2.05) is 0 Å². The molecule has 0 saturated heterocycles. The maximum Gasteiger partial charge on any atom is 0.226 e. The Hall–Kier alpha value is -1.42. The summed E-state index contributed by atoms with van der Waals surface area (Å²) < 4.78 is 30.3. The topological polar surface area (TPSA) is 26.0 Å². The Morgan fingerprint density at radius 2 is 2.00 bits per heavy atom. The average Bonchev–Trinajstić information content (AvgIpc) is 2.51. The molecule has 2 aromatic rings. The van der Waals surface area contributed by atoms with Gasteiger partial charge >= 0.3 is 0 Å².